The molecule has 62 heavy (non-hydrogen) atoms. The molecule has 0 aliphatic heterocycles. The predicted molar refractivity (Wildman–Crippen MR) is 237 cm³/mol. The van der Waals surface area contributed by atoms with Crippen molar-refractivity contribution in [1.82, 2.24) is 9.99 Å². The van der Waals surface area contributed by atoms with Gasteiger partial charge in [0, 0.05) is 24.2 Å². The second kappa shape index (κ2) is 23.8. The maximum absolute atomic E-state index is 14.5. The van der Waals surface area contributed by atoms with E-state index in [-0.39, 0.29) is 44.4 Å². The maximum Gasteiger partial charge on any atom is 0.328 e. The molecule has 1 amide bonds. The quantitative estimate of drug-likeness (QED) is 0.0226. The average molecular weight is 877 g/mol. The highest BCUT2D eigenvalue weighted by atomic mass is 31.2. The molecule has 0 spiro atoms. The smallest absolute Gasteiger partial charge is 0.328 e. The first-order chi connectivity index (χ1) is 29.8. The Morgan fingerprint density at radius 3 is 1.32 bits per heavy atom. The fraction of sp³-hybridized carbons (Fsp3) is 0.426. The second-order valence-corrected chi connectivity index (χ2v) is 16.0. The number of methoxy groups -OCH3 is 4. The Hall–Kier alpha value is -5.24. The molecule has 0 saturated carbocycles. The molecule has 4 aromatic rings. The summed E-state index contributed by atoms with van der Waals surface area (Å²) in [6, 6.07) is 28.6. The van der Waals surface area contributed by atoms with Crippen molar-refractivity contribution in [3.8, 4) is 23.0 Å². The van der Waals surface area contributed by atoms with Crippen LogP contribution >= 0.6 is 8.53 Å². The topological polar surface area (TPSA) is 150 Å². The highest BCUT2D eigenvalue weighted by Gasteiger charge is 2.53. The van der Waals surface area contributed by atoms with Gasteiger partial charge >= 0.3 is 11.9 Å². The minimum atomic E-state index is -2.16. The Kier molecular flexibility index (Phi) is 19.0. The van der Waals surface area contributed by atoms with E-state index in [4.69, 9.17) is 42.2 Å². The molecule has 1 N–H and O–H groups in total. The second-order valence-electron chi connectivity index (χ2n) is 14.6. The Labute approximate surface area is 367 Å². The molecule has 0 saturated heterocycles. The zero-order valence-electron chi connectivity index (χ0n) is 37.4. The molecule has 336 valence electrons. The third-order valence-electron chi connectivity index (χ3n) is 9.97. The molecule has 0 aliphatic carbocycles. The van der Waals surface area contributed by atoms with Gasteiger partial charge in [0.1, 0.15) is 28.6 Å². The van der Waals surface area contributed by atoms with Crippen LogP contribution in [0.3, 0.4) is 0 Å². The van der Waals surface area contributed by atoms with E-state index in [1.807, 2.05) is 105 Å². The molecular formula is C47H61N2O12P. The Morgan fingerprint density at radius 2 is 0.968 bits per heavy atom. The van der Waals surface area contributed by atoms with E-state index >= 15 is 0 Å². The van der Waals surface area contributed by atoms with Crippen LogP contribution in [-0.2, 0) is 38.4 Å². The third-order valence-corrected chi connectivity index (χ3v) is 12.0. The van der Waals surface area contributed by atoms with E-state index in [2.05, 4.69) is 5.32 Å². The number of nitrogens with one attached hydrogen (secondary N) is 1. The van der Waals surface area contributed by atoms with Crippen LogP contribution in [0.1, 0.15) is 68.6 Å². The summed E-state index contributed by atoms with van der Waals surface area (Å²) >= 11 is 0. The lowest BCUT2D eigenvalue weighted by Crippen LogP contribution is -2.51. The summed E-state index contributed by atoms with van der Waals surface area (Å²) in [5, 5.41) is 2.88. The summed E-state index contributed by atoms with van der Waals surface area (Å²) in [7, 11) is 4.33. The van der Waals surface area contributed by atoms with Crippen LogP contribution in [0.15, 0.2) is 97.1 Å². The lowest BCUT2D eigenvalue weighted by atomic mass is 9.79. The van der Waals surface area contributed by atoms with E-state index in [0.29, 0.717) is 45.3 Å². The van der Waals surface area contributed by atoms with Crippen LogP contribution < -0.4 is 24.3 Å². The van der Waals surface area contributed by atoms with Crippen molar-refractivity contribution in [3.63, 3.8) is 0 Å². The van der Waals surface area contributed by atoms with Gasteiger partial charge in [-0.1, -0.05) is 36.4 Å². The number of carbonyl (C=O) groups is 3. The first-order valence-corrected chi connectivity index (χ1v) is 21.6. The van der Waals surface area contributed by atoms with Crippen molar-refractivity contribution in [2.45, 2.75) is 59.2 Å². The van der Waals surface area contributed by atoms with Crippen LogP contribution in [-0.4, -0.2) is 103 Å². The number of benzene rings is 4. The molecule has 0 fully saturated rings. The number of hydrogen-bond donors (Lipinski definition) is 1. The van der Waals surface area contributed by atoms with Gasteiger partial charge in [-0.3, -0.25) is 14.4 Å². The van der Waals surface area contributed by atoms with Crippen LogP contribution in [0.5, 0.6) is 23.0 Å². The SMILES string of the molecule is CCOC(=O)C(COP(OCCNC(=O)c1ccc(OC)cc1)N(C(C)C)C(C)C)(COC(c1ccc(OC)cc1)(c1ccc(OC)cc1)c1ccc(OC)cc1)C(=O)OCC. The molecule has 0 aliphatic rings. The van der Waals surface area contributed by atoms with Crippen LogP contribution in [0.25, 0.3) is 0 Å². The molecule has 0 bridgehead atoms. The van der Waals surface area contributed by atoms with Gasteiger partial charge in [-0.2, -0.15) is 0 Å². The molecule has 0 heterocycles. The number of rotatable bonds is 25. The van der Waals surface area contributed by atoms with E-state index in [0.717, 1.165) is 0 Å². The van der Waals surface area contributed by atoms with Crippen molar-refractivity contribution in [1.29, 1.82) is 0 Å². The number of amides is 1. The predicted octanol–water partition coefficient (Wildman–Crippen LogP) is 7.95. The molecule has 1 atom stereocenters. The summed E-state index contributed by atoms with van der Waals surface area (Å²) in [5.41, 5.74) is -1.19. The fourth-order valence-corrected chi connectivity index (χ4v) is 8.47. The minimum Gasteiger partial charge on any atom is -0.497 e. The van der Waals surface area contributed by atoms with Crippen LogP contribution in [0, 0.1) is 5.41 Å². The van der Waals surface area contributed by atoms with Crippen molar-refractivity contribution >= 4 is 26.4 Å². The molecule has 1 unspecified atom stereocenters. The van der Waals surface area contributed by atoms with E-state index < -0.39 is 44.7 Å². The van der Waals surface area contributed by atoms with Crippen molar-refractivity contribution in [2.24, 2.45) is 5.41 Å². The van der Waals surface area contributed by atoms with Gasteiger partial charge < -0.3 is 47.5 Å². The fourth-order valence-electron chi connectivity index (χ4n) is 6.80. The van der Waals surface area contributed by atoms with Crippen molar-refractivity contribution < 1.29 is 56.6 Å². The third kappa shape index (κ3) is 12.0. The highest BCUT2D eigenvalue weighted by molar-refractivity contribution is 7.44. The Morgan fingerprint density at radius 1 is 0.581 bits per heavy atom. The summed E-state index contributed by atoms with van der Waals surface area (Å²) in [5.74, 6) is 0.392. The van der Waals surface area contributed by atoms with Crippen LogP contribution in [0.4, 0.5) is 0 Å². The molecule has 15 heteroatoms. The lowest BCUT2D eigenvalue weighted by Gasteiger charge is -2.40. The zero-order chi connectivity index (χ0) is 45.3. The highest BCUT2D eigenvalue weighted by Crippen LogP contribution is 2.49. The molecule has 0 radical (unpaired) electrons. The zero-order valence-corrected chi connectivity index (χ0v) is 38.3. The summed E-state index contributed by atoms with van der Waals surface area (Å²) < 4.78 is 55.3. The first-order valence-electron chi connectivity index (χ1n) is 20.5. The van der Waals surface area contributed by atoms with E-state index in [1.165, 1.54) is 0 Å². The monoisotopic (exact) mass is 876 g/mol. The van der Waals surface area contributed by atoms with Gasteiger partial charge in [-0.15, -0.1) is 0 Å². The normalized spacial score (nSPS) is 12.2. The summed E-state index contributed by atoms with van der Waals surface area (Å²) in [4.78, 5) is 41.9. The van der Waals surface area contributed by atoms with Gasteiger partial charge in [0.15, 0.2) is 0 Å². The standard InChI is InChI=1S/C47H61N2O12P/c1-11-57-44(51)46(45(52)58-12-2,32-61-62(49(33(3)4)34(5)6)60-30-29-48-43(50)35-13-21-39(53-7)22-14-35)31-59-47(36-15-23-40(54-8)24-16-36,37-17-25-41(55-9)26-18-37)38-19-27-42(56-10)28-20-38/h13-28,33-34H,11-12,29-32H2,1-10H3,(H,48,50). The Balaban J connectivity index is 1.81. The molecular weight excluding hydrogens is 815 g/mol. The van der Waals surface area contributed by atoms with E-state index in [1.54, 1.807) is 66.6 Å². The maximum atomic E-state index is 14.5. The number of hydrogen-bond acceptors (Lipinski definition) is 13. The van der Waals surface area contributed by atoms with Gasteiger partial charge in [0.25, 0.3) is 14.4 Å². The lowest BCUT2D eigenvalue weighted by molar-refractivity contribution is -0.183. The van der Waals surface area contributed by atoms with Crippen molar-refractivity contribution in [3.05, 3.63) is 119 Å². The van der Waals surface area contributed by atoms with E-state index in [9.17, 15) is 14.4 Å². The van der Waals surface area contributed by atoms with Gasteiger partial charge in [0.05, 0.1) is 61.5 Å². The van der Waals surface area contributed by atoms with Gasteiger partial charge in [0.2, 0.25) is 5.41 Å². The van der Waals surface area contributed by atoms with Crippen LogP contribution in [0.2, 0.25) is 0 Å². The first kappa shape index (κ1) is 49.4. The summed E-state index contributed by atoms with van der Waals surface area (Å²) in [6.45, 7) is 10.3. The minimum absolute atomic E-state index is 0.0379. The van der Waals surface area contributed by atoms with Gasteiger partial charge in [-0.25, -0.2) is 4.67 Å². The number of esters is 2. The van der Waals surface area contributed by atoms with Crippen molar-refractivity contribution in [2.75, 3.05) is 68.0 Å². The Bertz CT molecular complexity index is 1850. The summed E-state index contributed by atoms with van der Waals surface area (Å²) in [6.07, 6.45) is 0. The molecule has 4 aromatic carbocycles. The molecule has 4 rings (SSSR count). The average Bonchev–Trinajstić information content (AvgIpc) is 3.29. The number of carbonyl (C=O) groups excluding carboxylic acids is 3. The number of nitrogens with zero attached hydrogens (tertiary/aromatic N) is 1. The molecule has 14 nitrogen and oxygen atoms in total. The molecule has 0 aromatic heterocycles. The number of ether oxygens (including phenoxy) is 7. The largest absolute Gasteiger partial charge is 0.497 e. The van der Waals surface area contributed by atoms with Gasteiger partial charge in [-0.05, 0) is 119 Å².